The van der Waals surface area contributed by atoms with Gasteiger partial charge >= 0.3 is 0 Å². The Kier molecular flexibility index (Phi) is 3.05. The van der Waals surface area contributed by atoms with Crippen molar-refractivity contribution in [3.05, 3.63) is 41.7 Å². The van der Waals surface area contributed by atoms with E-state index in [4.69, 9.17) is 21.9 Å². The van der Waals surface area contributed by atoms with Gasteiger partial charge in [-0.15, -0.1) is 0 Å². The maximum atomic E-state index is 8.95. The molecule has 2 aliphatic rings. The van der Waals surface area contributed by atoms with Gasteiger partial charge in [0.05, 0.1) is 10.6 Å². The van der Waals surface area contributed by atoms with Crippen molar-refractivity contribution in [1.29, 1.82) is 5.26 Å². The molecule has 4 heteroatoms. The van der Waals surface area contributed by atoms with Crippen LogP contribution < -0.4 is 5.32 Å². The summed E-state index contributed by atoms with van der Waals surface area (Å²) >= 11 is 5.66. The summed E-state index contributed by atoms with van der Waals surface area (Å²) in [4.78, 5) is 0.969. The highest BCUT2D eigenvalue weighted by molar-refractivity contribution is 7.80. The minimum absolute atomic E-state index is 0.00355. The standard InChI is InChI=1S/C18H16N2OS/c19-10-12-8-16(21-11-12)13-4-5-15-14(9-13)18(17(22)20-15)6-2-1-3-7-18/h4-5,8-9,11H,1-3,6-7H2,(H,20,22). The summed E-state index contributed by atoms with van der Waals surface area (Å²) in [6, 6.07) is 10.2. The Bertz CT molecular complexity index is 794. The zero-order chi connectivity index (χ0) is 15.2. The molecule has 0 radical (unpaired) electrons. The quantitative estimate of drug-likeness (QED) is 0.771. The molecule has 1 aliphatic heterocycles. The molecule has 1 spiro atoms. The largest absolute Gasteiger partial charge is 0.463 e. The van der Waals surface area contributed by atoms with E-state index in [1.54, 1.807) is 6.07 Å². The molecule has 22 heavy (non-hydrogen) atoms. The Balaban J connectivity index is 1.81. The lowest BCUT2D eigenvalue weighted by Crippen LogP contribution is -2.35. The van der Waals surface area contributed by atoms with Gasteiger partial charge in [0.25, 0.3) is 0 Å². The zero-order valence-corrected chi connectivity index (χ0v) is 13.0. The average Bonchev–Trinajstić information content (AvgIpc) is 3.13. The van der Waals surface area contributed by atoms with Crippen LogP contribution >= 0.6 is 12.2 Å². The van der Waals surface area contributed by atoms with Crippen molar-refractivity contribution >= 4 is 22.9 Å². The van der Waals surface area contributed by atoms with Gasteiger partial charge in [-0.05, 0) is 36.6 Å². The lowest BCUT2D eigenvalue weighted by atomic mass is 9.70. The predicted octanol–water partition coefficient (Wildman–Crippen LogP) is 4.77. The third-order valence-electron chi connectivity index (χ3n) is 4.94. The number of hydrogen-bond donors (Lipinski definition) is 1. The summed E-state index contributed by atoms with van der Waals surface area (Å²) in [5.41, 5.74) is 3.99. The minimum atomic E-state index is 0.00355. The monoisotopic (exact) mass is 308 g/mol. The number of nitriles is 1. The van der Waals surface area contributed by atoms with Crippen LogP contribution in [0.15, 0.2) is 34.9 Å². The van der Waals surface area contributed by atoms with Gasteiger partial charge in [0.15, 0.2) is 0 Å². The normalized spacial score (nSPS) is 18.8. The molecule has 1 saturated carbocycles. The molecule has 0 bridgehead atoms. The Morgan fingerprint density at radius 3 is 2.73 bits per heavy atom. The number of nitrogens with zero attached hydrogens (tertiary/aromatic N) is 1. The van der Waals surface area contributed by atoms with Crippen LogP contribution in [0.25, 0.3) is 11.3 Å². The van der Waals surface area contributed by atoms with E-state index in [2.05, 4.69) is 23.5 Å². The van der Waals surface area contributed by atoms with Crippen molar-refractivity contribution < 1.29 is 4.42 Å². The van der Waals surface area contributed by atoms with Crippen molar-refractivity contribution in [3.8, 4) is 17.4 Å². The van der Waals surface area contributed by atoms with Gasteiger partial charge in [0, 0.05) is 22.7 Å². The lowest BCUT2D eigenvalue weighted by molar-refractivity contribution is 0.389. The first-order valence-corrected chi connectivity index (χ1v) is 8.09. The summed E-state index contributed by atoms with van der Waals surface area (Å²) in [6.07, 6.45) is 7.49. The van der Waals surface area contributed by atoms with Crippen LogP contribution in [0.2, 0.25) is 0 Å². The van der Waals surface area contributed by atoms with Gasteiger partial charge < -0.3 is 9.73 Å². The molecule has 0 atom stereocenters. The molecule has 3 nitrogen and oxygen atoms in total. The maximum Gasteiger partial charge on any atom is 0.135 e. The summed E-state index contributed by atoms with van der Waals surface area (Å²) in [7, 11) is 0. The van der Waals surface area contributed by atoms with Gasteiger partial charge in [-0.2, -0.15) is 5.26 Å². The van der Waals surface area contributed by atoms with Crippen molar-refractivity contribution in [2.45, 2.75) is 37.5 Å². The molecule has 4 rings (SSSR count). The zero-order valence-electron chi connectivity index (χ0n) is 12.2. The smallest absolute Gasteiger partial charge is 0.135 e. The van der Waals surface area contributed by atoms with E-state index < -0.39 is 0 Å². The van der Waals surface area contributed by atoms with Gasteiger partial charge in [0.2, 0.25) is 0 Å². The number of anilines is 1. The highest BCUT2D eigenvalue weighted by Gasteiger charge is 2.44. The molecule has 1 N–H and O–H groups in total. The fourth-order valence-electron chi connectivity index (χ4n) is 3.76. The Morgan fingerprint density at radius 1 is 1.18 bits per heavy atom. The summed E-state index contributed by atoms with van der Waals surface area (Å²) in [5.74, 6) is 0.739. The number of benzene rings is 1. The van der Waals surface area contributed by atoms with Crippen LogP contribution in [0.4, 0.5) is 5.69 Å². The topological polar surface area (TPSA) is 49.0 Å². The van der Waals surface area contributed by atoms with E-state index in [0.29, 0.717) is 5.56 Å². The molecule has 2 aromatic rings. The van der Waals surface area contributed by atoms with Crippen molar-refractivity contribution in [2.75, 3.05) is 5.32 Å². The molecule has 0 unspecified atom stereocenters. The van der Waals surface area contributed by atoms with Gasteiger partial charge in [-0.25, -0.2) is 0 Å². The SMILES string of the molecule is N#Cc1coc(-c2ccc3c(c2)C2(CCCCC2)C(=S)N3)c1. The molecule has 1 aliphatic carbocycles. The second-order valence-electron chi connectivity index (χ2n) is 6.17. The first-order chi connectivity index (χ1) is 10.7. The number of thiocarbonyl (C=S) groups is 1. The van der Waals surface area contributed by atoms with Gasteiger partial charge in [-0.3, -0.25) is 0 Å². The average molecular weight is 308 g/mol. The molecule has 1 fully saturated rings. The second-order valence-corrected chi connectivity index (χ2v) is 6.58. The predicted molar refractivity (Wildman–Crippen MR) is 89.8 cm³/mol. The van der Waals surface area contributed by atoms with E-state index in [0.717, 1.165) is 34.8 Å². The third-order valence-corrected chi connectivity index (χ3v) is 5.43. The van der Waals surface area contributed by atoms with E-state index in [1.165, 1.54) is 31.1 Å². The molecule has 1 aromatic carbocycles. The highest BCUT2D eigenvalue weighted by Crippen LogP contribution is 2.49. The summed E-state index contributed by atoms with van der Waals surface area (Å²) in [5, 5.41) is 12.4. The minimum Gasteiger partial charge on any atom is -0.463 e. The van der Waals surface area contributed by atoms with Crippen LogP contribution in [0.3, 0.4) is 0 Å². The maximum absolute atomic E-state index is 8.95. The van der Waals surface area contributed by atoms with Crippen LogP contribution in [0, 0.1) is 11.3 Å². The van der Waals surface area contributed by atoms with E-state index >= 15 is 0 Å². The van der Waals surface area contributed by atoms with Crippen LogP contribution in [0.1, 0.15) is 43.2 Å². The van der Waals surface area contributed by atoms with Crippen LogP contribution in [-0.2, 0) is 5.41 Å². The first-order valence-electron chi connectivity index (χ1n) is 7.68. The lowest BCUT2D eigenvalue weighted by Gasteiger charge is -2.33. The fourth-order valence-corrected chi connectivity index (χ4v) is 4.19. The number of fused-ring (bicyclic) bond motifs is 2. The first kappa shape index (κ1) is 13.5. The van der Waals surface area contributed by atoms with Gasteiger partial charge in [0.1, 0.15) is 18.1 Å². The Morgan fingerprint density at radius 2 is 2.00 bits per heavy atom. The highest BCUT2D eigenvalue weighted by atomic mass is 32.1. The Labute approximate surface area is 134 Å². The van der Waals surface area contributed by atoms with Crippen molar-refractivity contribution in [3.63, 3.8) is 0 Å². The molecule has 2 heterocycles. The molecular weight excluding hydrogens is 292 g/mol. The number of hydrogen-bond acceptors (Lipinski definition) is 3. The molecule has 1 aromatic heterocycles. The molecule has 0 amide bonds. The molecular formula is C18H16N2OS. The van der Waals surface area contributed by atoms with Crippen molar-refractivity contribution in [2.24, 2.45) is 0 Å². The fraction of sp³-hybridized carbons (Fsp3) is 0.333. The van der Waals surface area contributed by atoms with E-state index in [-0.39, 0.29) is 5.41 Å². The van der Waals surface area contributed by atoms with Crippen molar-refractivity contribution in [1.82, 2.24) is 0 Å². The molecule has 0 saturated heterocycles. The third kappa shape index (κ3) is 1.89. The van der Waals surface area contributed by atoms with Gasteiger partial charge in [-0.1, -0.05) is 31.5 Å². The second kappa shape index (κ2) is 4.96. The summed E-state index contributed by atoms with van der Waals surface area (Å²) < 4.78 is 5.53. The van der Waals surface area contributed by atoms with Crippen LogP contribution in [-0.4, -0.2) is 4.99 Å². The number of rotatable bonds is 1. The molecule has 110 valence electrons. The summed E-state index contributed by atoms with van der Waals surface area (Å²) in [6.45, 7) is 0. The number of furan rings is 1. The van der Waals surface area contributed by atoms with E-state index in [1.807, 2.05) is 6.07 Å². The number of nitrogens with one attached hydrogen (secondary N) is 1. The Hall–Kier alpha value is -2.12. The van der Waals surface area contributed by atoms with Crippen LogP contribution in [0.5, 0.6) is 0 Å². The van der Waals surface area contributed by atoms with E-state index in [9.17, 15) is 0 Å².